The summed E-state index contributed by atoms with van der Waals surface area (Å²) < 4.78 is 12.0. The summed E-state index contributed by atoms with van der Waals surface area (Å²) in [5.41, 5.74) is 1.21. The van der Waals surface area contributed by atoms with Crippen molar-refractivity contribution in [1.82, 2.24) is 0 Å². The number of rotatable bonds is 15. The van der Waals surface area contributed by atoms with E-state index in [9.17, 15) is 4.79 Å². The molecule has 0 N–H and O–H groups in total. The number of hydrogen-bond donors (Lipinski definition) is 0. The van der Waals surface area contributed by atoms with Crippen molar-refractivity contribution in [3.63, 3.8) is 0 Å². The van der Waals surface area contributed by atoms with Gasteiger partial charge in [0.1, 0.15) is 11.9 Å². The Morgan fingerprint density at radius 2 is 1.53 bits per heavy atom. The van der Waals surface area contributed by atoms with Gasteiger partial charge >= 0.3 is 5.97 Å². The molecule has 1 aromatic rings. The van der Waals surface area contributed by atoms with Crippen LogP contribution in [0, 0.1) is 0 Å². The molecule has 2 rings (SSSR count). The lowest BCUT2D eigenvalue weighted by molar-refractivity contribution is -0.151. The molecule has 0 radical (unpaired) electrons. The number of esters is 1. The van der Waals surface area contributed by atoms with Crippen LogP contribution in [0.25, 0.3) is 0 Å². The Hall–Kier alpha value is -1.51. The summed E-state index contributed by atoms with van der Waals surface area (Å²) in [7, 11) is 0. The van der Waals surface area contributed by atoms with E-state index in [2.05, 4.69) is 32.0 Å². The summed E-state index contributed by atoms with van der Waals surface area (Å²) in [5, 5.41) is 0. The summed E-state index contributed by atoms with van der Waals surface area (Å²) >= 11 is 0. The Balaban J connectivity index is 1.74. The predicted octanol–water partition coefficient (Wildman–Crippen LogP) is 7.97. The second-order valence-corrected chi connectivity index (χ2v) is 8.88. The van der Waals surface area contributed by atoms with Crippen LogP contribution in [0.1, 0.15) is 122 Å². The zero-order chi connectivity index (χ0) is 21.4. The fraction of sp³-hybridized carbons (Fsp3) is 0.741. The van der Waals surface area contributed by atoms with Crippen molar-refractivity contribution in [2.75, 3.05) is 6.61 Å². The lowest BCUT2D eigenvalue weighted by atomic mass is 9.81. The van der Waals surface area contributed by atoms with Crippen molar-refractivity contribution < 1.29 is 14.3 Å². The predicted molar refractivity (Wildman–Crippen MR) is 125 cm³/mol. The normalized spacial score (nSPS) is 18.9. The van der Waals surface area contributed by atoms with Crippen LogP contribution >= 0.6 is 0 Å². The number of benzene rings is 1. The minimum absolute atomic E-state index is 0.00353. The molecule has 0 aliphatic heterocycles. The Bertz CT molecular complexity index is 583. The van der Waals surface area contributed by atoms with Gasteiger partial charge < -0.3 is 9.47 Å². The molecule has 0 bridgehead atoms. The molecular formula is C27H44O3. The zero-order valence-corrected chi connectivity index (χ0v) is 19.5. The first kappa shape index (κ1) is 24.8. The van der Waals surface area contributed by atoms with Crippen molar-refractivity contribution in [2.45, 2.75) is 122 Å². The summed E-state index contributed by atoms with van der Waals surface area (Å²) in [5.74, 6) is 1.21. The highest BCUT2D eigenvalue weighted by Gasteiger charge is 2.31. The zero-order valence-electron chi connectivity index (χ0n) is 19.5. The van der Waals surface area contributed by atoms with E-state index < -0.39 is 0 Å². The summed E-state index contributed by atoms with van der Waals surface area (Å²) in [6, 6.07) is 8.31. The average molecular weight is 417 g/mol. The topological polar surface area (TPSA) is 35.5 Å². The quantitative estimate of drug-likeness (QED) is 0.215. The summed E-state index contributed by atoms with van der Waals surface area (Å²) in [6.45, 7) is 5.11. The van der Waals surface area contributed by atoms with Crippen molar-refractivity contribution in [3.8, 4) is 5.75 Å². The minimum Gasteiger partial charge on any atom is -0.493 e. The number of hydrogen-bond acceptors (Lipinski definition) is 3. The van der Waals surface area contributed by atoms with E-state index in [1.165, 1.54) is 56.9 Å². The molecule has 0 spiro atoms. The van der Waals surface area contributed by atoms with Gasteiger partial charge in [0.2, 0.25) is 0 Å². The van der Waals surface area contributed by atoms with E-state index in [1.54, 1.807) is 0 Å². The molecule has 1 aliphatic carbocycles. The maximum absolute atomic E-state index is 12.5. The van der Waals surface area contributed by atoms with Crippen LogP contribution in [0.5, 0.6) is 5.75 Å². The van der Waals surface area contributed by atoms with Gasteiger partial charge in [0, 0.05) is 17.9 Å². The van der Waals surface area contributed by atoms with Gasteiger partial charge in [-0.05, 0) is 38.2 Å². The van der Waals surface area contributed by atoms with Gasteiger partial charge in [-0.1, -0.05) is 89.8 Å². The molecule has 0 aromatic heterocycles. The van der Waals surface area contributed by atoms with Crippen LogP contribution < -0.4 is 4.74 Å². The number of ether oxygens (including phenoxy) is 2. The second-order valence-electron chi connectivity index (χ2n) is 8.88. The number of carbonyl (C=O) groups is 1. The standard InChI is InChI=1S/C27H44O3/c1-3-5-6-7-8-9-10-11-12-21-27(28)30-26-20-16-14-18-24(26)23-17-13-15-19-25(23)29-22-4-2/h13,15,17,19,24,26H,3-12,14,16,18,20-22H2,1-2H3/t24-,26+/m0/s1. The number of carbonyl (C=O) groups excluding carboxylic acids is 1. The second kappa shape index (κ2) is 15.3. The average Bonchev–Trinajstić information content (AvgIpc) is 2.77. The van der Waals surface area contributed by atoms with Crippen molar-refractivity contribution in [2.24, 2.45) is 0 Å². The summed E-state index contributed by atoms with van der Waals surface area (Å²) in [4.78, 5) is 12.5. The van der Waals surface area contributed by atoms with Crippen LogP contribution in [0.4, 0.5) is 0 Å². The Labute approximate surface area is 184 Å². The van der Waals surface area contributed by atoms with E-state index >= 15 is 0 Å². The monoisotopic (exact) mass is 416 g/mol. The molecule has 2 atom stereocenters. The number of para-hydroxylation sites is 1. The molecule has 0 amide bonds. The van der Waals surface area contributed by atoms with Crippen LogP contribution in [-0.4, -0.2) is 18.7 Å². The lowest BCUT2D eigenvalue weighted by Crippen LogP contribution is -2.29. The first-order valence-electron chi connectivity index (χ1n) is 12.7. The SMILES string of the molecule is CCCCCCCCCCCC(=O)O[C@@H]1CCCC[C@H]1c1ccccc1OCCC. The first-order valence-corrected chi connectivity index (χ1v) is 12.7. The van der Waals surface area contributed by atoms with Crippen molar-refractivity contribution in [3.05, 3.63) is 29.8 Å². The van der Waals surface area contributed by atoms with Crippen LogP contribution in [0.15, 0.2) is 24.3 Å². The maximum atomic E-state index is 12.5. The fourth-order valence-corrected chi connectivity index (χ4v) is 4.53. The molecule has 0 saturated heterocycles. The Morgan fingerprint density at radius 1 is 0.867 bits per heavy atom. The highest BCUT2D eigenvalue weighted by molar-refractivity contribution is 5.69. The molecule has 1 fully saturated rings. The van der Waals surface area contributed by atoms with E-state index in [1.807, 2.05) is 6.07 Å². The van der Waals surface area contributed by atoms with Crippen LogP contribution in [0.3, 0.4) is 0 Å². The molecule has 1 aromatic carbocycles. The van der Waals surface area contributed by atoms with E-state index in [-0.39, 0.29) is 18.0 Å². The highest BCUT2D eigenvalue weighted by Crippen LogP contribution is 2.39. The summed E-state index contributed by atoms with van der Waals surface area (Å²) in [6.07, 6.45) is 17.3. The lowest BCUT2D eigenvalue weighted by Gasteiger charge is -2.32. The van der Waals surface area contributed by atoms with Crippen LogP contribution in [-0.2, 0) is 9.53 Å². The Kier molecular flexibility index (Phi) is 12.6. The highest BCUT2D eigenvalue weighted by atomic mass is 16.5. The molecular weight excluding hydrogens is 372 g/mol. The number of unbranched alkanes of at least 4 members (excludes halogenated alkanes) is 8. The van der Waals surface area contributed by atoms with Gasteiger partial charge in [-0.15, -0.1) is 0 Å². The third kappa shape index (κ3) is 9.10. The van der Waals surface area contributed by atoms with Gasteiger partial charge in [0.25, 0.3) is 0 Å². The molecule has 1 saturated carbocycles. The molecule has 3 nitrogen and oxygen atoms in total. The molecule has 0 heterocycles. The van der Waals surface area contributed by atoms with Gasteiger partial charge in [-0.2, -0.15) is 0 Å². The van der Waals surface area contributed by atoms with E-state index in [0.717, 1.165) is 50.9 Å². The van der Waals surface area contributed by atoms with Gasteiger partial charge in [-0.25, -0.2) is 0 Å². The third-order valence-electron chi connectivity index (χ3n) is 6.25. The van der Waals surface area contributed by atoms with E-state index in [0.29, 0.717) is 6.42 Å². The largest absolute Gasteiger partial charge is 0.493 e. The smallest absolute Gasteiger partial charge is 0.306 e. The molecule has 170 valence electrons. The Morgan fingerprint density at radius 3 is 2.27 bits per heavy atom. The van der Waals surface area contributed by atoms with E-state index in [4.69, 9.17) is 9.47 Å². The fourth-order valence-electron chi connectivity index (χ4n) is 4.53. The molecule has 3 heteroatoms. The van der Waals surface area contributed by atoms with Gasteiger partial charge in [0.05, 0.1) is 6.61 Å². The van der Waals surface area contributed by atoms with Crippen LogP contribution in [0.2, 0.25) is 0 Å². The molecule has 1 aliphatic rings. The molecule has 30 heavy (non-hydrogen) atoms. The third-order valence-corrected chi connectivity index (χ3v) is 6.25. The van der Waals surface area contributed by atoms with Gasteiger partial charge in [0.15, 0.2) is 0 Å². The molecule has 0 unspecified atom stereocenters. The minimum atomic E-state index is -0.0122. The maximum Gasteiger partial charge on any atom is 0.306 e. The van der Waals surface area contributed by atoms with Crippen molar-refractivity contribution >= 4 is 5.97 Å². The first-order chi connectivity index (χ1) is 14.8. The van der Waals surface area contributed by atoms with Gasteiger partial charge in [-0.3, -0.25) is 4.79 Å². The van der Waals surface area contributed by atoms with Crippen molar-refractivity contribution in [1.29, 1.82) is 0 Å².